The van der Waals surface area contributed by atoms with Gasteiger partial charge in [0, 0.05) is 4.47 Å². The molecule has 19 heavy (non-hydrogen) atoms. The number of fused-ring (bicyclic) bond motifs is 1. The molecule has 0 saturated heterocycles. The van der Waals surface area contributed by atoms with E-state index in [1.165, 1.54) is 6.07 Å². The van der Waals surface area contributed by atoms with E-state index in [-0.39, 0.29) is 30.6 Å². The largest absolute Gasteiger partial charge is 0.475 e. The van der Waals surface area contributed by atoms with Gasteiger partial charge in [-0.15, -0.1) is 0 Å². The van der Waals surface area contributed by atoms with Gasteiger partial charge in [0.1, 0.15) is 12.1 Å². The van der Waals surface area contributed by atoms with Crippen molar-refractivity contribution in [1.29, 1.82) is 0 Å². The van der Waals surface area contributed by atoms with Gasteiger partial charge in [-0.2, -0.15) is 9.97 Å². The van der Waals surface area contributed by atoms with Crippen molar-refractivity contribution in [2.24, 2.45) is 0 Å². The van der Waals surface area contributed by atoms with Crippen LogP contribution in [0.25, 0.3) is 10.9 Å². The molecule has 102 valence electrons. The number of ether oxygens (including phenoxy) is 2. The number of aromatic nitrogens is 2. The highest BCUT2D eigenvalue weighted by atomic mass is 79.9. The zero-order valence-corrected chi connectivity index (χ0v) is 11.8. The first-order chi connectivity index (χ1) is 9.15. The summed E-state index contributed by atoms with van der Waals surface area (Å²) in [4.78, 5) is 8.06. The number of nitrogens with zero attached hydrogens (tertiary/aromatic N) is 2. The number of rotatable bonds is 5. The van der Waals surface area contributed by atoms with Gasteiger partial charge in [-0.25, -0.2) is 4.39 Å². The van der Waals surface area contributed by atoms with Gasteiger partial charge < -0.3 is 14.6 Å². The Morgan fingerprint density at radius 1 is 1.32 bits per heavy atom. The van der Waals surface area contributed by atoms with E-state index in [1.807, 2.05) is 0 Å². The maximum absolute atomic E-state index is 13.9. The molecule has 2 aromatic rings. The zero-order valence-electron chi connectivity index (χ0n) is 10.2. The van der Waals surface area contributed by atoms with Crippen LogP contribution in [0.1, 0.15) is 6.92 Å². The van der Waals surface area contributed by atoms with E-state index in [9.17, 15) is 4.39 Å². The molecule has 0 unspecified atom stereocenters. The highest BCUT2D eigenvalue weighted by molar-refractivity contribution is 9.10. The number of hydrogen-bond acceptors (Lipinski definition) is 5. The Labute approximate surface area is 117 Å². The average Bonchev–Trinajstić information content (AvgIpc) is 2.37. The maximum atomic E-state index is 13.9. The van der Waals surface area contributed by atoms with E-state index in [1.54, 1.807) is 13.0 Å². The molecular weight excluding hydrogens is 319 g/mol. The minimum Gasteiger partial charge on any atom is -0.475 e. The minimum atomic E-state index is -0.499. The Morgan fingerprint density at radius 2 is 2.11 bits per heavy atom. The van der Waals surface area contributed by atoms with Crippen molar-refractivity contribution in [3.05, 3.63) is 22.4 Å². The summed E-state index contributed by atoms with van der Waals surface area (Å²) in [5.74, 6) is -0.315. The molecule has 0 aliphatic heterocycles. The highest BCUT2D eigenvalue weighted by Gasteiger charge is 2.14. The first-order valence-corrected chi connectivity index (χ1v) is 6.48. The van der Waals surface area contributed by atoms with E-state index in [4.69, 9.17) is 14.6 Å². The predicted molar refractivity (Wildman–Crippen MR) is 70.9 cm³/mol. The van der Waals surface area contributed by atoms with Crippen LogP contribution in [0.15, 0.2) is 16.6 Å². The van der Waals surface area contributed by atoms with Gasteiger partial charge in [0.05, 0.1) is 18.6 Å². The molecule has 0 spiro atoms. The zero-order chi connectivity index (χ0) is 13.8. The van der Waals surface area contributed by atoms with Crippen molar-refractivity contribution < 1.29 is 19.0 Å². The lowest BCUT2D eigenvalue weighted by molar-refractivity contribution is 0.196. The highest BCUT2D eigenvalue weighted by Crippen LogP contribution is 2.29. The van der Waals surface area contributed by atoms with Gasteiger partial charge in [-0.1, -0.05) is 15.9 Å². The SMILES string of the molecule is CCOc1nc(OCCO)c2cc(Br)cc(F)c2n1. The fourth-order valence-corrected chi connectivity index (χ4v) is 1.99. The first-order valence-electron chi connectivity index (χ1n) is 5.69. The van der Waals surface area contributed by atoms with Gasteiger partial charge in [0.2, 0.25) is 5.88 Å². The van der Waals surface area contributed by atoms with Crippen molar-refractivity contribution in [2.75, 3.05) is 19.8 Å². The van der Waals surface area contributed by atoms with Gasteiger partial charge in [0.15, 0.2) is 5.82 Å². The number of aliphatic hydroxyl groups is 1. The summed E-state index contributed by atoms with van der Waals surface area (Å²) in [5, 5.41) is 9.22. The quantitative estimate of drug-likeness (QED) is 0.911. The Balaban J connectivity index is 2.60. The van der Waals surface area contributed by atoms with E-state index >= 15 is 0 Å². The standard InChI is InChI=1S/C12H12BrFN2O3/c1-2-18-12-15-10-8(5-7(13)6-9(10)14)11(16-12)19-4-3-17/h5-6,17H,2-4H2,1H3. The van der Waals surface area contributed by atoms with Crippen LogP contribution in [0, 0.1) is 5.82 Å². The fraction of sp³-hybridized carbons (Fsp3) is 0.333. The summed E-state index contributed by atoms with van der Waals surface area (Å²) in [7, 11) is 0. The summed E-state index contributed by atoms with van der Waals surface area (Å²) >= 11 is 3.20. The van der Waals surface area contributed by atoms with Gasteiger partial charge >= 0.3 is 6.01 Å². The number of benzene rings is 1. The molecule has 1 N–H and O–H groups in total. The lowest BCUT2D eigenvalue weighted by Gasteiger charge is -2.10. The van der Waals surface area contributed by atoms with Crippen LogP contribution in [0.2, 0.25) is 0 Å². The van der Waals surface area contributed by atoms with E-state index < -0.39 is 5.82 Å². The Kier molecular flexibility index (Phi) is 4.49. The number of aliphatic hydroxyl groups excluding tert-OH is 1. The molecule has 7 heteroatoms. The molecule has 1 heterocycles. The molecule has 0 amide bonds. The second kappa shape index (κ2) is 6.12. The Bertz CT molecular complexity index is 595. The van der Waals surface area contributed by atoms with Crippen LogP contribution >= 0.6 is 15.9 Å². The van der Waals surface area contributed by atoms with Gasteiger partial charge in [0.25, 0.3) is 0 Å². The number of halogens is 2. The third kappa shape index (κ3) is 3.10. The molecular formula is C12H12BrFN2O3. The van der Waals surface area contributed by atoms with E-state index in [2.05, 4.69) is 25.9 Å². The number of hydrogen-bond donors (Lipinski definition) is 1. The van der Waals surface area contributed by atoms with Crippen molar-refractivity contribution in [3.8, 4) is 11.9 Å². The molecule has 2 rings (SSSR count). The molecule has 0 radical (unpaired) electrons. The van der Waals surface area contributed by atoms with Crippen LogP contribution in [0.3, 0.4) is 0 Å². The van der Waals surface area contributed by atoms with Crippen molar-refractivity contribution >= 4 is 26.8 Å². The first kappa shape index (κ1) is 14.0. The third-order valence-corrected chi connectivity index (χ3v) is 2.72. The van der Waals surface area contributed by atoms with E-state index in [0.29, 0.717) is 16.5 Å². The predicted octanol–water partition coefficient (Wildman–Crippen LogP) is 2.30. The van der Waals surface area contributed by atoms with Gasteiger partial charge in [-0.05, 0) is 19.1 Å². The summed E-state index contributed by atoms with van der Waals surface area (Å²) in [6, 6.07) is 3.01. The second-order valence-corrected chi connectivity index (χ2v) is 4.52. The van der Waals surface area contributed by atoms with Crippen LogP contribution < -0.4 is 9.47 Å². The third-order valence-electron chi connectivity index (χ3n) is 2.27. The molecule has 0 aliphatic rings. The van der Waals surface area contributed by atoms with Crippen LogP contribution in [0.4, 0.5) is 4.39 Å². The molecule has 0 saturated carbocycles. The van der Waals surface area contributed by atoms with Crippen LogP contribution in [0.5, 0.6) is 11.9 Å². The summed E-state index contributed by atoms with van der Waals surface area (Å²) in [5.41, 5.74) is 0.120. The summed E-state index contributed by atoms with van der Waals surface area (Å²) in [6.45, 7) is 2.04. The molecule has 0 aliphatic carbocycles. The Morgan fingerprint density at radius 3 is 2.79 bits per heavy atom. The lowest BCUT2D eigenvalue weighted by atomic mass is 10.2. The molecule has 1 aromatic heterocycles. The fourth-order valence-electron chi connectivity index (χ4n) is 1.56. The molecule has 1 aromatic carbocycles. The van der Waals surface area contributed by atoms with Crippen molar-refractivity contribution in [3.63, 3.8) is 0 Å². The Hall–Kier alpha value is -1.47. The smallest absolute Gasteiger partial charge is 0.320 e. The summed E-state index contributed by atoms with van der Waals surface area (Å²) in [6.07, 6.45) is 0. The minimum absolute atomic E-state index is 0.0455. The normalized spacial score (nSPS) is 10.7. The van der Waals surface area contributed by atoms with Crippen LogP contribution in [-0.2, 0) is 0 Å². The summed E-state index contributed by atoms with van der Waals surface area (Å²) < 4.78 is 24.9. The van der Waals surface area contributed by atoms with E-state index in [0.717, 1.165) is 0 Å². The molecule has 0 atom stereocenters. The topological polar surface area (TPSA) is 64.5 Å². The van der Waals surface area contributed by atoms with Crippen molar-refractivity contribution in [2.45, 2.75) is 6.92 Å². The molecule has 0 fully saturated rings. The average molecular weight is 331 g/mol. The van der Waals surface area contributed by atoms with Gasteiger partial charge in [-0.3, -0.25) is 0 Å². The lowest BCUT2D eigenvalue weighted by Crippen LogP contribution is -2.06. The molecule has 5 nitrogen and oxygen atoms in total. The molecule has 0 bridgehead atoms. The maximum Gasteiger partial charge on any atom is 0.320 e. The van der Waals surface area contributed by atoms with Crippen molar-refractivity contribution in [1.82, 2.24) is 9.97 Å². The monoisotopic (exact) mass is 330 g/mol. The van der Waals surface area contributed by atoms with Crippen LogP contribution in [-0.4, -0.2) is 34.9 Å². The second-order valence-electron chi connectivity index (χ2n) is 3.60.